The molecule has 0 aliphatic carbocycles. The molecular weight excluding hydrogens is 380 g/mol. The predicted molar refractivity (Wildman–Crippen MR) is 111 cm³/mol. The number of amides is 1. The highest BCUT2D eigenvalue weighted by atomic mass is 35.5. The van der Waals surface area contributed by atoms with Gasteiger partial charge in [0, 0.05) is 10.4 Å². The van der Waals surface area contributed by atoms with Crippen molar-refractivity contribution in [3.8, 4) is 0 Å². The van der Waals surface area contributed by atoms with Crippen molar-refractivity contribution in [2.75, 3.05) is 11.9 Å². The van der Waals surface area contributed by atoms with Gasteiger partial charge in [-0.1, -0.05) is 54.1 Å². The summed E-state index contributed by atoms with van der Waals surface area (Å²) in [5.74, 6) is -0.546. The van der Waals surface area contributed by atoms with Crippen molar-refractivity contribution in [1.82, 2.24) is 0 Å². The Bertz CT molecular complexity index is 954. The van der Waals surface area contributed by atoms with Crippen molar-refractivity contribution in [3.05, 3.63) is 87.3 Å². The van der Waals surface area contributed by atoms with Gasteiger partial charge in [0.25, 0.3) is 0 Å². The molecule has 3 rings (SSSR count). The molecule has 0 unspecified atom stereocenters. The topological polar surface area (TPSA) is 72.2 Å². The molecule has 0 aliphatic rings. The number of nitrogens with two attached hydrogens (primary N) is 1. The largest absolute Gasteiger partial charge is 0.322 e. The number of anilines is 1. The number of aryl methyl sites for hydroxylation is 2. The lowest BCUT2D eigenvalue weighted by atomic mass is 10.0. The zero-order valence-electron chi connectivity index (χ0n) is 14.6. The molecule has 0 saturated heterocycles. The maximum atomic E-state index is 13.0. The van der Waals surface area contributed by atoms with Crippen LogP contribution >= 0.6 is 22.9 Å². The van der Waals surface area contributed by atoms with E-state index < -0.39 is 0 Å². The number of hydrogen-bond donors (Lipinski definition) is 2. The molecule has 3 aromatic rings. The Balaban J connectivity index is 1.88. The van der Waals surface area contributed by atoms with E-state index in [9.17, 15) is 9.59 Å². The zero-order valence-corrected chi connectivity index (χ0v) is 16.1. The zero-order chi connectivity index (χ0) is 19.2. The number of hydrogen-bond acceptors (Lipinski definition) is 4. The second-order valence-electron chi connectivity index (χ2n) is 6.00. The number of thiophene rings is 1. The molecule has 3 N–H and O–H groups in total. The third kappa shape index (κ3) is 4.83. The highest BCUT2D eigenvalue weighted by molar-refractivity contribution is 7.16. The normalized spacial score (nSPS) is 10.6. The molecule has 0 atom stereocenters. The number of benzene rings is 2. The second kappa shape index (κ2) is 8.95. The Labute approximate surface area is 167 Å². The van der Waals surface area contributed by atoms with Crippen LogP contribution in [-0.4, -0.2) is 18.2 Å². The van der Waals surface area contributed by atoms with E-state index >= 15 is 0 Å². The summed E-state index contributed by atoms with van der Waals surface area (Å²) in [7, 11) is 0. The van der Waals surface area contributed by atoms with E-state index in [4.69, 9.17) is 17.3 Å². The summed E-state index contributed by atoms with van der Waals surface area (Å²) in [5, 5.41) is 3.64. The van der Waals surface area contributed by atoms with Gasteiger partial charge in [-0.05, 0) is 36.6 Å². The van der Waals surface area contributed by atoms with Crippen molar-refractivity contribution >= 4 is 39.6 Å². The van der Waals surface area contributed by atoms with Gasteiger partial charge in [-0.2, -0.15) is 0 Å². The summed E-state index contributed by atoms with van der Waals surface area (Å²) in [4.78, 5) is 25.8. The standard InChI is InChI=1S/C21H19ClN2O2S/c22-18-9-5-4-8-16(18)20(26)17-12-15(27-21(17)24-19(25)13-23)11-10-14-6-2-1-3-7-14/h1-9,12H,10-11,13,23H2,(H,24,25). The molecule has 0 radical (unpaired) electrons. The van der Waals surface area contributed by atoms with E-state index in [1.807, 2.05) is 24.3 Å². The summed E-state index contributed by atoms with van der Waals surface area (Å²) in [6.07, 6.45) is 1.63. The van der Waals surface area contributed by atoms with Crippen LogP contribution in [0.3, 0.4) is 0 Å². The van der Waals surface area contributed by atoms with E-state index in [0.717, 1.165) is 17.7 Å². The number of ketones is 1. The number of halogens is 1. The average Bonchev–Trinajstić information content (AvgIpc) is 3.09. The molecule has 1 aromatic heterocycles. The van der Waals surface area contributed by atoms with Gasteiger partial charge >= 0.3 is 0 Å². The monoisotopic (exact) mass is 398 g/mol. The minimum Gasteiger partial charge on any atom is -0.322 e. The highest BCUT2D eigenvalue weighted by Crippen LogP contribution is 2.32. The van der Waals surface area contributed by atoms with E-state index in [2.05, 4.69) is 17.4 Å². The van der Waals surface area contributed by atoms with Crippen LogP contribution in [0.4, 0.5) is 5.00 Å². The van der Waals surface area contributed by atoms with Gasteiger partial charge in [0.15, 0.2) is 5.78 Å². The number of carbonyl (C=O) groups is 2. The molecule has 4 nitrogen and oxygen atoms in total. The first-order valence-corrected chi connectivity index (χ1v) is 9.73. The lowest BCUT2D eigenvalue weighted by molar-refractivity contribution is -0.114. The number of carbonyl (C=O) groups excluding carboxylic acids is 2. The molecular formula is C21H19ClN2O2S. The summed E-state index contributed by atoms with van der Waals surface area (Å²) in [5.41, 5.74) is 7.48. The van der Waals surface area contributed by atoms with Gasteiger partial charge in [-0.15, -0.1) is 11.3 Å². The molecule has 0 aliphatic heterocycles. The van der Waals surface area contributed by atoms with Gasteiger partial charge in [0.2, 0.25) is 5.91 Å². The summed E-state index contributed by atoms with van der Waals surface area (Å²) >= 11 is 7.58. The first kappa shape index (κ1) is 19.3. The molecule has 0 fully saturated rings. The van der Waals surface area contributed by atoms with Crippen LogP contribution in [0.1, 0.15) is 26.4 Å². The van der Waals surface area contributed by atoms with Crippen molar-refractivity contribution in [2.24, 2.45) is 5.73 Å². The molecule has 2 aromatic carbocycles. The van der Waals surface area contributed by atoms with E-state index in [0.29, 0.717) is 21.2 Å². The Morgan fingerprint density at radius 2 is 1.67 bits per heavy atom. The first-order valence-electron chi connectivity index (χ1n) is 8.54. The molecule has 27 heavy (non-hydrogen) atoms. The Morgan fingerprint density at radius 1 is 0.963 bits per heavy atom. The maximum Gasteiger partial charge on any atom is 0.238 e. The molecule has 1 amide bonds. The van der Waals surface area contributed by atoms with E-state index in [1.54, 1.807) is 24.3 Å². The molecule has 6 heteroatoms. The lowest BCUT2D eigenvalue weighted by Crippen LogP contribution is -2.22. The summed E-state index contributed by atoms with van der Waals surface area (Å²) in [6, 6.07) is 18.9. The second-order valence-corrected chi connectivity index (χ2v) is 7.55. The van der Waals surface area contributed by atoms with Crippen LogP contribution in [0.5, 0.6) is 0 Å². The fourth-order valence-corrected chi connectivity index (χ4v) is 4.00. The minimum absolute atomic E-state index is 0.142. The molecule has 1 heterocycles. The SMILES string of the molecule is NCC(=O)Nc1sc(CCc2ccccc2)cc1C(=O)c1ccccc1Cl. The molecule has 0 saturated carbocycles. The fourth-order valence-electron chi connectivity index (χ4n) is 2.71. The van der Waals surface area contributed by atoms with E-state index in [1.165, 1.54) is 16.9 Å². The van der Waals surface area contributed by atoms with E-state index in [-0.39, 0.29) is 18.2 Å². The van der Waals surface area contributed by atoms with Crippen molar-refractivity contribution < 1.29 is 9.59 Å². The first-order chi connectivity index (χ1) is 13.1. The third-order valence-electron chi connectivity index (χ3n) is 4.09. The lowest BCUT2D eigenvalue weighted by Gasteiger charge is -2.05. The van der Waals surface area contributed by atoms with Gasteiger partial charge in [0.05, 0.1) is 17.1 Å². The smallest absolute Gasteiger partial charge is 0.238 e. The van der Waals surface area contributed by atoms with Crippen LogP contribution in [-0.2, 0) is 17.6 Å². The van der Waals surface area contributed by atoms with Crippen LogP contribution in [0.2, 0.25) is 5.02 Å². The van der Waals surface area contributed by atoms with Crippen molar-refractivity contribution in [1.29, 1.82) is 0 Å². The summed E-state index contributed by atoms with van der Waals surface area (Å²) < 4.78 is 0. The predicted octanol–water partition coefficient (Wildman–Crippen LogP) is 4.31. The van der Waals surface area contributed by atoms with Crippen LogP contribution in [0, 0.1) is 0 Å². The van der Waals surface area contributed by atoms with Gasteiger partial charge in [-0.25, -0.2) is 0 Å². The quantitative estimate of drug-likeness (QED) is 0.582. The molecule has 0 bridgehead atoms. The van der Waals surface area contributed by atoms with Crippen LogP contribution in [0.25, 0.3) is 0 Å². The number of rotatable bonds is 7. The Kier molecular flexibility index (Phi) is 6.40. The van der Waals surface area contributed by atoms with Crippen LogP contribution in [0.15, 0.2) is 60.7 Å². The summed E-state index contributed by atoms with van der Waals surface area (Å²) in [6.45, 7) is -0.142. The van der Waals surface area contributed by atoms with Gasteiger partial charge < -0.3 is 11.1 Å². The number of nitrogens with one attached hydrogen (secondary N) is 1. The third-order valence-corrected chi connectivity index (χ3v) is 5.53. The highest BCUT2D eigenvalue weighted by Gasteiger charge is 2.20. The van der Waals surface area contributed by atoms with Crippen molar-refractivity contribution in [2.45, 2.75) is 12.8 Å². The fraction of sp³-hybridized carbons (Fsp3) is 0.143. The van der Waals surface area contributed by atoms with Gasteiger partial charge in [0.1, 0.15) is 5.00 Å². The van der Waals surface area contributed by atoms with Crippen molar-refractivity contribution in [3.63, 3.8) is 0 Å². The Hall–Kier alpha value is -2.47. The minimum atomic E-state index is -0.334. The average molecular weight is 399 g/mol. The molecule has 0 spiro atoms. The molecule has 138 valence electrons. The van der Waals surface area contributed by atoms with Gasteiger partial charge in [-0.3, -0.25) is 9.59 Å². The maximum absolute atomic E-state index is 13.0. The Morgan fingerprint density at radius 3 is 2.37 bits per heavy atom. The van der Waals surface area contributed by atoms with Crippen LogP contribution < -0.4 is 11.1 Å².